The molecule has 1 unspecified atom stereocenters. The first kappa shape index (κ1) is 11.5. The topological polar surface area (TPSA) is 42.2 Å². The molecule has 0 fully saturated rings. The van der Waals surface area contributed by atoms with E-state index in [1.54, 1.807) is 0 Å². The van der Waals surface area contributed by atoms with Gasteiger partial charge in [-0.3, -0.25) is 9.67 Å². The standard InChI is InChI=1S/C11H18N4S/c1-8(2)10-7-13-11(16-10)12-6-9-4-5-15(3)14-9/h4-5,8,10H,6-7H2,1-3H3,(H,12,13). The van der Waals surface area contributed by atoms with Crippen LogP contribution in [0.5, 0.6) is 0 Å². The zero-order valence-electron chi connectivity index (χ0n) is 9.97. The molecule has 1 atom stereocenters. The number of nitrogens with zero attached hydrogens (tertiary/aromatic N) is 3. The Morgan fingerprint density at radius 1 is 1.62 bits per heavy atom. The predicted octanol–water partition coefficient (Wildman–Crippen LogP) is 1.64. The van der Waals surface area contributed by atoms with E-state index in [9.17, 15) is 0 Å². The second-order valence-electron chi connectivity index (χ2n) is 4.38. The molecule has 0 spiro atoms. The fraction of sp³-hybridized carbons (Fsp3) is 0.636. The third-order valence-corrected chi connectivity index (χ3v) is 4.10. The van der Waals surface area contributed by atoms with Gasteiger partial charge in [0, 0.05) is 18.5 Å². The number of thioether (sulfide) groups is 1. The Balaban J connectivity index is 1.80. The minimum Gasteiger partial charge on any atom is -0.359 e. The molecule has 1 aliphatic heterocycles. The minimum atomic E-state index is 0.631. The van der Waals surface area contributed by atoms with E-state index in [1.165, 1.54) is 0 Å². The molecule has 4 nitrogen and oxygen atoms in total. The average Bonchev–Trinajstić information content (AvgIpc) is 2.83. The van der Waals surface area contributed by atoms with Crippen LogP contribution in [0.3, 0.4) is 0 Å². The van der Waals surface area contributed by atoms with Crippen molar-refractivity contribution in [1.29, 1.82) is 0 Å². The molecular formula is C11H18N4S. The normalized spacial score (nSPS) is 20.2. The van der Waals surface area contributed by atoms with Crippen LogP contribution in [-0.2, 0) is 13.6 Å². The van der Waals surface area contributed by atoms with Gasteiger partial charge in [0.15, 0.2) is 5.17 Å². The fourth-order valence-corrected chi connectivity index (χ4v) is 2.57. The predicted molar refractivity (Wildman–Crippen MR) is 68.6 cm³/mol. The van der Waals surface area contributed by atoms with Crippen LogP contribution in [-0.4, -0.2) is 26.7 Å². The van der Waals surface area contributed by atoms with E-state index in [2.05, 4.69) is 29.3 Å². The van der Waals surface area contributed by atoms with Crippen molar-refractivity contribution < 1.29 is 0 Å². The molecule has 0 radical (unpaired) electrons. The third kappa shape index (κ3) is 2.78. The zero-order chi connectivity index (χ0) is 11.5. The second kappa shape index (κ2) is 4.91. The van der Waals surface area contributed by atoms with Crippen molar-refractivity contribution in [1.82, 2.24) is 15.1 Å². The van der Waals surface area contributed by atoms with Crippen LogP contribution < -0.4 is 5.32 Å². The molecule has 2 heterocycles. The lowest BCUT2D eigenvalue weighted by Gasteiger charge is -2.11. The largest absolute Gasteiger partial charge is 0.359 e. The highest BCUT2D eigenvalue weighted by molar-refractivity contribution is 8.14. The summed E-state index contributed by atoms with van der Waals surface area (Å²) in [4.78, 5) is 4.49. The molecule has 1 N–H and O–H groups in total. The number of hydrogen-bond acceptors (Lipinski definition) is 4. The van der Waals surface area contributed by atoms with Crippen LogP contribution in [0.4, 0.5) is 0 Å². The molecule has 0 amide bonds. The lowest BCUT2D eigenvalue weighted by Crippen LogP contribution is -2.20. The third-order valence-electron chi connectivity index (χ3n) is 2.61. The van der Waals surface area contributed by atoms with Gasteiger partial charge in [0.05, 0.1) is 18.8 Å². The van der Waals surface area contributed by atoms with Crippen LogP contribution in [0.1, 0.15) is 19.5 Å². The van der Waals surface area contributed by atoms with E-state index in [0.29, 0.717) is 11.2 Å². The van der Waals surface area contributed by atoms with Gasteiger partial charge < -0.3 is 5.32 Å². The summed E-state index contributed by atoms with van der Waals surface area (Å²) in [7, 11) is 1.93. The van der Waals surface area contributed by atoms with Gasteiger partial charge in [-0.05, 0) is 12.0 Å². The maximum absolute atomic E-state index is 4.49. The SMILES string of the molecule is CC(C)C1CN=C(NCc2ccn(C)n2)S1. The van der Waals surface area contributed by atoms with Gasteiger partial charge >= 0.3 is 0 Å². The van der Waals surface area contributed by atoms with E-state index in [-0.39, 0.29) is 0 Å². The van der Waals surface area contributed by atoms with Crippen molar-refractivity contribution in [2.24, 2.45) is 18.0 Å². The molecule has 5 heteroatoms. The summed E-state index contributed by atoms with van der Waals surface area (Å²) in [6.45, 7) is 6.19. The van der Waals surface area contributed by atoms with Gasteiger partial charge in [-0.15, -0.1) is 0 Å². The summed E-state index contributed by atoms with van der Waals surface area (Å²) in [5.74, 6) is 0.683. The number of nitrogens with one attached hydrogen (secondary N) is 1. The van der Waals surface area contributed by atoms with E-state index >= 15 is 0 Å². The number of rotatable bonds is 3. The van der Waals surface area contributed by atoms with E-state index in [1.807, 2.05) is 35.8 Å². The fourth-order valence-electron chi connectivity index (χ4n) is 1.56. The molecule has 2 rings (SSSR count). The lowest BCUT2D eigenvalue weighted by atomic mass is 10.1. The van der Waals surface area contributed by atoms with Gasteiger partial charge in [-0.2, -0.15) is 5.10 Å². The van der Waals surface area contributed by atoms with Crippen LogP contribution in [0.25, 0.3) is 0 Å². The van der Waals surface area contributed by atoms with E-state index < -0.39 is 0 Å². The summed E-state index contributed by atoms with van der Waals surface area (Å²) in [5.41, 5.74) is 1.05. The van der Waals surface area contributed by atoms with Crippen molar-refractivity contribution in [2.45, 2.75) is 25.6 Å². The summed E-state index contributed by atoms with van der Waals surface area (Å²) in [5, 5.41) is 9.34. The summed E-state index contributed by atoms with van der Waals surface area (Å²) >= 11 is 1.85. The lowest BCUT2D eigenvalue weighted by molar-refractivity contribution is 0.621. The Labute approximate surface area is 101 Å². The summed E-state index contributed by atoms with van der Waals surface area (Å²) in [6, 6.07) is 2.02. The van der Waals surface area contributed by atoms with Crippen LogP contribution >= 0.6 is 11.8 Å². The Morgan fingerprint density at radius 3 is 3.00 bits per heavy atom. The Morgan fingerprint density at radius 2 is 2.44 bits per heavy atom. The molecule has 0 aromatic carbocycles. The van der Waals surface area contributed by atoms with Gasteiger partial charge in [0.25, 0.3) is 0 Å². The van der Waals surface area contributed by atoms with Crippen molar-refractivity contribution in [3.05, 3.63) is 18.0 Å². The number of aromatic nitrogens is 2. The number of aliphatic imine (C=N–C) groups is 1. The van der Waals surface area contributed by atoms with Gasteiger partial charge in [0.1, 0.15) is 0 Å². The molecule has 16 heavy (non-hydrogen) atoms. The highest BCUT2D eigenvalue weighted by Gasteiger charge is 2.22. The van der Waals surface area contributed by atoms with Crippen molar-refractivity contribution in [3.63, 3.8) is 0 Å². The molecule has 0 saturated heterocycles. The van der Waals surface area contributed by atoms with Gasteiger partial charge in [0.2, 0.25) is 0 Å². The molecule has 1 aromatic heterocycles. The first-order chi connectivity index (χ1) is 7.65. The van der Waals surface area contributed by atoms with Crippen molar-refractivity contribution in [3.8, 4) is 0 Å². The smallest absolute Gasteiger partial charge is 0.157 e. The Kier molecular flexibility index (Phi) is 3.53. The molecule has 1 aromatic rings. The number of aryl methyl sites for hydroxylation is 1. The Hall–Kier alpha value is -0.970. The van der Waals surface area contributed by atoms with Crippen LogP contribution in [0.2, 0.25) is 0 Å². The molecule has 0 saturated carbocycles. The molecule has 1 aliphatic rings. The molecule has 0 aliphatic carbocycles. The highest BCUT2D eigenvalue weighted by atomic mass is 32.2. The molecular weight excluding hydrogens is 220 g/mol. The summed E-state index contributed by atoms with van der Waals surface area (Å²) in [6.07, 6.45) is 1.96. The quantitative estimate of drug-likeness (QED) is 0.870. The zero-order valence-corrected chi connectivity index (χ0v) is 10.8. The van der Waals surface area contributed by atoms with Gasteiger partial charge in [-0.25, -0.2) is 0 Å². The van der Waals surface area contributed by atoms with Gasteiger partial charge in [-0.1, -0.05) is 25.6 Å². The number of hydrogen-bond donors (Lipinski definition) is 1. The highest BCUT2D eigenvalue weighted by Crippen LogP contribution is 2.25. The molecule has 88 valence electrons. The monoisotopic (exact) mass is 238 g/mol. The first-order valence-corrected chi connectivity index (χ1v) is 6.46. The van der Waals surface area contributed by atoms with Crippen LogP contribution in [0, 0.1) is 5.92 Å². The molecule has 0 bridgehead atoms. The van der Waals surface area contributed by atoms with E-state index in [0.717, 1.165) is 24.0 Å². The number of amidine groups is 1. The van der Waals surface area contributed by atoms with Crippen molar-refractivity contribution in [2.75, 3.05) is 6.54 Å². The van der Waals surface area contributed by atoms with Crippen LogP contribution in [0.15, 0.2) is 17.3 Å². The maximum Gasteiger partial charge on any atom is 0.157 e. The average molecular weight is 238 g/mol. The van der Waals surface area contributed by atoms with E-state index in [4.69, 9.17) is 0 Å². The summed E-state index contributed by atoms with van der Waals surface area (Å²) < 4.78 is 1.82. The Bertz CT molecular complexity index is 383. The van der Waals surface area contributed by atoms with Crippen molar-refractivity contribution >= 4 is 16.9 Å². The first-order valence-electron chi connectivity index (χ1n) is 5.58. The second-order valence-corrected chi connectivity index (χ2v) is 5.61. The minimum absolute atomic E-state index is 0.631. The maximum atomic E-state index is 4.49.